The number of hydrogen-bond donors (Lipinski definition) is 1. The van der Waals surface area contributed by atoms with Crippen molar-refractivity contribution >= 4 is 5.91 Å². The molecule has 2 saturated carbocycles. The summed E-state index contributed by atoms with van der Waals surface area (Å²) in [5.41, 5.74) is -0.185. The minimum absolute atomic E-state index is 0.185. The van der Waals surface area contributed by atoms with Gasteiger partial charge in [0.25, 0.3) is 0 Å². The number of carbonyl (C=O) groups excluding carboxylic acids is 1. The molecule has 1 saturated heterocycles. The zero-order valence-electron chi connectivity index (χ0n) is 13.9. The van der Waals surface area contributed by atoms with Crippen molar-refractivity contribution in [1.29, 1.82) is 0 Å². The van der Waals surface area contributed by atoms with E-state index in [-0.39, 0.29) is 5.54 Å². The molecule has 3 unspecified atom stereocenters. The van der Waals surface area contributed by atoms with E-state index in [1.165, 1.54) is 44.9 Å². The molecule has 3 aliphatic rings. The minimum Gasteiger partial charge on any atom is -0.322 e. The Morgan fingerprint density at radius 2 is 1.86 bits per heavy atom. The van der Waals surface area contributed by atoms with Crippen molar-refractivity contribution in [2.24, 2.45) is 5.92 Å². The maximum absolute atomic E-state index is 13.2. The second-order valence-corrected chi connectivity index (χ2v) is 7.47. The van der Waals surface area contributed by atoms with Gasteiger partial charge >= 0.3 is 0 Å². The van der Waals surface area contributed by atoms with Gasteiger partial charge in [0.05, 0.1) is 11.7 Å². The van der Waals surface area contributed by atoms with Gasteiger partial charge in [0.15, 0.2) is 0 Å². The predicted octanol–water partition coefficient (Wildman–Crippen LogP) is 3.83. The summed E-state index contributed by atoms with van der Waals surface area (Å²) in [7, 11) is 0. The maximum Gasteiger partial charge on any atom is 0.244 e. The molecule has 1 heterocycles. The van der Waals surface area contributed by atoms with E-state index in [1.807, 2.05) is 0 Å². The van der Waals surface area contributed by atoms with Gasteiger partial charge in [-0.1, -0.05) is 52.4 Å². The molecule has 2 aliphatic carbocycles. The van der Waals surface area contributed by atoms with Crippen LogP contribution in [0.1, 0.15) is 84.5 Å². The van der Waals surface area contributed by atoms with E-state index in [2.05, 4.69) is 24.1 Å². The molecule has 0 aromatic heterocycles. The Labute approximate surface area is 129 Å². The summed E-state index contributed by atoms with van der Waals surface area (Å²) in [6.07, 6.45) is 13.5. The Kier molecular flexibility index (Phi) is 4.58. The topological polar surface area (TPSA) is 32.3 Å². The van der Waals surface area contributed by atoms with Crippen LogP contribution in [0.25, 0.3) is 0 Å². The fourth-order valence-electron chi connectivity index (χ4n) is 5.07. The van der Waals surface area contributed by atoms with E-state index in [9.17, 15) is 4.79 Å². The largest absolute Gasteiger partial charge is 0.322 e. The minimum atomic E-state index is -0.185. The molecule has 21 heavy (non-hydrogen) atoms. The molecular weight excluding hydrogens is 260 g/mol. The highest BCUT2D eigenvalue weighted by atomic mass is 16.2. The smallest absolute Gasteiger partial charge is 0.244 e. The van der Waals surface area contributed by atoms with Gasteiger partial charge in [-0.25, -0.2) is 0 Å². The first-order chi connectivity index (χ1) is 10.2. The van der Waals surface area contributed by atoms with Crippen LogP contribution in [0.2, 0.25) is 0 Å². The first-order valence-electron chi connectivity index (χ1n) is 9.32. The quantitative estimate of drug-likeness (QED) is 0.854. The lowest BCUT2D eigenvalue weighted by molar-refractivity contribution is -0.137. The van der Waals surface area contributed by atoms with Gasteiger partial charge in [-0.05, 0) is 38.0 Å². The monoisotopic (exact) mass is 292 g/mol. The standard InChI is InChI=1S/C18H32N2O/c1-3-9-16-19-18(12-7-8-13-18)17(21)20(16)15-11-6-5-10-14(15)4-2/h14-16,19H,3-13H2,1-2H3. The number of carbonyl (C=O) groups is 1. The van der Waals surface area contributed by atoms with Crippen molar-refractivity contribution in [3.05, 3.63) is 0 Å². The molecule has 0 aromatic carbocycles. The molecule has 0 aromatic rings. The summed E-state index contributed by atoms with van der Waals surface area (Å²) in [4.78, 5) is 15.6. The number of nitrogens with one attached hydrogen (secondary N) is 1. The fraction of sp³-hybridized carbons (Fsp3) is 0.944. The first kappa shape index (κ1) is 15.3. The van der Waals surface area contributed by atoms with Gasteiger partial charge in [0, 0.05) is 6.04 Å². The summed E-state index contributed by atoms with van der Waals surface area (Å²) in [5.74, 6) is 1.17. The molecule has 3 nitrogen and oxygen atoms in total. The SMILES string of the molecule is CCCC1NC2(CCCC2)C(=O)N1C1CCCCC1CC. The van der Waals surface area contributed by atoms with Crippen LogP contribution >= 0.6 is 0 Å². The molecule has 1 aliphatic heterocycles. The Bertz CT molecular complexity index is 375. The van der Waals surface area contributed by atoms with E-state index < -0.39 is 0 Å². The normalized spacial score (nSPS) is 35.8. The van der Waals surface area contributed by atoms with E-state index >= 15 is 0 Å². The highest BCUT2D eigenvalue weighted by Crippen LogP contribution is 2.41. The van der Waals surface area contributed by atoms with Crippen molar-refractivity contribution < 1.29 is 4.79 Å². The second kappa shape index (κ2) is 6.28. The molecule has 0 radical (unpaired) electrons. The lowest BCUT2D eigenvalue weighted by atomic mass is 9.81. The van der Waals surface area contributed by atoms with Crippen molar-refractivity contribution in [3.8, 4) is 0 Å². The van der Waals surface area contributed by atoms with Crippen LogP contribution in [0.4, 0.5) is 0 Å². The van der Waals surface area contributed by atoms with Gasteiger partial charge in [0.2, 0.25) is 5.91 Å². The summed E-state index contributed by atoms with van der Waals surface area (Å²) < 4.78 is 0. The van der Waals surface area contributed by atoms with Crippen LogP contribution in [-0.2, 0) is 4.79 Å². The Hall–Kier alpha value is -0.570. The molecule has 3 heteroatoms. The lowest BCUT2D eigenvalue weighted by Crippen LogP contribution is -2.49. The third-order valence-electron chi connectivity index (χ3n) is 6.19. The van der Waals surface area contributed by atoms with Crippen molar-refractivity contribution in [3.63, 3.8) is 0 Å². The Morgan fingerprint density at radius 3 is 2.52 bits per heavy atom. The number of nitrogens with zero attached hydrogens (tertiary/aromatic N) is 1. The lowest BCUT2D eigenvalue weighted by Gasteiger charge is -2.40. The number of amides is 1. The molecule has 1 spiro atoms. The van der Waals surface area contributed by atoms with Crippen molar-refractivity contribution in [1.82, 2.24) is 10.2 Å². The summed E-state index contributed by atoms with van der Waals surface area (Å²) in [6, 6.07) is 0.500. The molecule has 0 bridgehead atoms. The van der Waals surface area contributed by atoms with Crippen molar-refractivity contribution in [2.75, 3.05) is 0 Å². The van der Waals surface area contributed by atoms with Gasteiger partial charge < -0.3 is 4.90 Å². The maximum atomic E-state index is 13.2. The Morgan fingerprint density at radius 1 is 1.14 bits per heavy atom. The van der Waals surface area contributed by atoms with E-state index in [0.29, 0.717) is 18.1 Å². The van der Waals surface area contributed by atoms with E-state index in [0.717, 1.165) is 31.6 Å². The molecule has 120 valence electrons. The summed E-state index contributed by atoms with van der Waals surface area (Å²) >= 11 is 0. The van der Waals surface area contributed by atoms with Gasteiger partial charge in [0.1, 0.15) is 0 Å². The van der Waals surface area contributed by atoms with Gasteiger partial charge in [-0.2, -0.15) is 0 Å². The highest BCUT2D eigenvalue weighted by molar-refractivity contribution is 5.89. The van der Waals surface area contributed by atoms with Crippen LogP contribution in [0.3, 0.4) is 0 Å². The van der Waals surface area contributed by atoms with Crippen LogP contribution in [0.5, 0.6) is 0 Å². The summed E-state index contributed by atoms with van der Waals surface area (Å²) in [6.45, 7) is 4.54. The van der Waals surface area contributed by atoms with E-state index in [4.69, 9.17) is 0 Å². The Balaban J connectivity index is 1.84. The van der Waals surface area contributed by atoms with Gasteiger partial charge in [-0.15, -0.1) is 0 Å². The molecule has 3 fully saturated rings. The first-order valence-corrected chi connectivity index (χ1v) is 9.32. The molecule has 1 N–H and O–H groups in total. The number of rotatable bonds is 4. The average molecular weight is 292 g/mol. The average Bonchev–Trinajstić information content (AvgIpc) is 3.07. The number of hydrogen-bond acceptors (Lipinski definition) is 2. The molecule has 3 atom stereocenters. The van der Waals surface area contributed by atoms with Crippen LogP contribution < -0.4 is 5.32 Å². The van der Waals surface area contributed by atoms with Crippen LogP contribution in [0, 0.1) is 5.92 Å². The molecule has 1 amide bonds. The predicted molar refractivity (Wildman–Crippen MR) is 85.9 cm³/mol. The third kappa shape index (κ3) is 2.62. The molecular formula is C18H32N2O. The highest BCUT2D eigenvalue weighted by Gasteiger charge is 2.54. The summed E-state index contributed by atoms with van der Waals surface area (Å²) in [5, 5.41) is 3.79. The zero-order valence-corrected chi connectivity index (χ0v) is 13.9. The third-order valence-corrected chi connectivity index (χ3v) is 6.19. The fourth-order valence-corrected chi connectivity index (χ4v) is 5.07. The van der Waals surface area contributed by atoms with Gasteiger partial charge in [-0.3, -0.25) is 10.1 Å². The zero-order chi connectivity index (χ0) is 14.9. The van der Waals surface area contributed by atoms with Crippen molar-refractivity contribution in [2.45, 2.75) is 102 Å². The van der Waals surface area contributed by atoms with E-state index in [1.54, 1.807) is 0 Å². The molecule has 3 rings (SSSR count). The van der Waals surface area contributed by atoms with Crippen LogP contribution in [0.15, 0.2) is 0 Å². The van der Waals surface area contributed by atoms with Crippen LogP contribution in [-0.4, -0.2) is 28.6 Å². The second-order valence-electron chi connectivity index (χ2n) is 7.47.